The summed E-state index contributed by atoms with van der Waals surface area (Å²) in [6, 6.07) is 4.09. The van der Waals surface area contributed by atoms with Gasteiger partial charge in [0.1, 0.15) is 6.04 Å². The first kappa shape index (κ1) is 9.51. The van der Waals surface area contributed by atoms with E-state index < -0.39 is 18.0 Å². The Hall–Kier alpha value is -2.04. The van der Waals surface area contributed by atoms with Gasteiger partial charge >= 0.3 is 11.9 Å². The standard InChI is InChI=1S/C10H9NO4/c12-9(13)6-3-1-2-5-4-7(10(14)15)11-8(5)6/h1-3,7,11H,4H2,(H,12,13)(H,14,15). The number of aliphatic carboxylic acids is 1. The van der Waals surface area contributed by atoms with Crippen molar-refractivity contribution in [1.82, 2.24) is 0 Å². The third-order valence-corrected chi connectivity index (χ3v) is 2.42. The zero-order chi connectivity index (χ0) is 11.0. The number of nitrogens with one attached hydrogen (secondary N) is 1. The highest BCUT2D eigenvalue weighted by Gasteiger charge is 2.29. The Morgan fingerprint density at radius 3 is 2.67 bits per heavy atom. The second-order valence-electron chi connectivity index (χ2n) is 3.38. The summed E-state index contributed by atoms with van der Waals surface area (Å²) >= 11 is 0. The zero-order valence-electron chi connectivity index (χ0n) is 7.73. The van der Waals surface area contributed by atoms with Crippen LogP contribution >= 0.6 is 0 Å². The molecular formula is C10H9NO4. The van der Waals surface area contributed by atoms with Gasteiger partial charge in [-0.25, -0.2) is 9.59 Å². The maximum absolute atomic E-state index is 10.8. The van der Waals surface area contributed by atoms with Crippen molar-refractivity contribution in [1.29, 1.82) is 0 Å². The van der Waals surface area contributed by atoms with Gasteiger partial charge in [0.15, 0.2) is 0 Å². The van der Waals surface area contributed by atoms with Crippen LogP contribution in [0.4, 0.5) is 5.69 Å². The van der Waals surface area contributed by atoms with Crippen LogP contribution in [-0.4, -0.2) is 28.2 Å². The van der Waals surface area contributed by atoms with Crippen molar-refractivity contribution in [3.05, 3.63) is 29.3 Å². The highest BCUT2D eigenvalue weighted by Crippen LogP contribution is 2.29. The maximum Gasteiger partial charge on any atom is 0.337 e. The van der Waals surface area contributed by atoms with E-state index in [9.17, 15) is 9.59 Å². The normalized spacial score (nSPS) is 18.0. The summed E-state index contributed by atoms with van der Waals surface area (Å²) in [4.78, 5) is 21.6. The summed E-state index contributed by atoms with van der Waals surface area (Å²) in [5.74, 6) is -2.02. The topological polar surface area (TPSA) is 86.6 Å². The molecule has 3 N–H and O–H groups in total. The second-order valence-corrected chi connectivity index (χ2v) is 3.38. The molecule has 78 valence electrons. The van der Waals surface area contributed by atoms with E-state index in [0.29, 0.717) is 12.1 Å². The van der Waals surface area contributed by atoms with Crippen molar-refractivity contribution in [2.24, 2.45) is 0 Å². The summed E-state index contributed by atoms with van der Waals surface area (Å²) in [5.41, 5.74) is 1.29. The molecule has 1 unspecified atom stereocenters. The molecule has 0 spiro atoms. The molecule has 0 bridgehead atoms. The average Bonchev–Trinajstić information content (AvgIpc) is 2.60. The Kier molecular flexibility index (Phi) is 2.07. The lowest BCUT2D eigenvalue weighted by Crippen LogP contribution is -2.26. The third-order valence-electron chi connectivity index (χ3n) is 2.42. The molecule has 5 nitrogen and oxygen atoms in total. The van der Waals surface area contributed by atoms with Crippen LogP contribution in [0.25, 0.3) is 0 Å². The van der Waals surface area contributed by atoms with Crippen LogP contribution < -0.4 is 5.32 Å². The van der Waals surface area contributed by atoms with Gasteiger partial charge < -0.3 is 15.5 Å². The van der Waals surface area contributed by atoms with Crippen molar-refractivity contribution >= 4 is 17.6 Å². The minimum atomic E-state index is -1.05. The fourth-order valence-electron chi connectivity index (χ4n) is 1.71. The molecule has 1 heterocycles. The fraction of sp³-hybridized carbons (Fsp3) is 0.200. The van der Waals surface area contributed by atoms with Gasteiger partial charge in [0, 0.05) is 6.42 Å². The summed E-state index contributed by atoms with van der Waals surface area (Å²) in [6.45, 7) is 0. The maximum atomic E-state index is 10.8. The molecule has 15 heavy (non-hydrogen) atoms. The molecule has 0 saturated heterocycles. The van der Waals surface area contributed by atoms with Gasteiger partial charge in [-0.05, 0) is 11.6 Å². The summed E-state index contributed by atoms with van der Waals surface area (Å²) in [5, 5.41) is 20.4. The van der Waals surface area contributed by atoms with Gasteiger partial charge in [-0.2, -0.15) is 0 Å². The van der Waals surface area contributed by atoms with Gasteiger partial charge in [-0.15, -0.1) is 0 Å². The van der Waals surface area contributed by atoms with Crippen LogP contribution in [0.2, 0.25) is 0 Å². The summed E-state index contributed by atoms with van der Waals surface area (Å²) in [7, 11) is 0. The average molecular weight is 207 g/mol. The number of fused-ring (bicyclic) bond motifs is 1. The highest BCUT2D eigenvalue weighted by molar-refractivity contribution is 5.97. The largest absolute Gasteiger partial charge is 0.480 e. The molecule has 0 saturated carbocycles. The number of anilines is 1. The number of hydrogen-bond donors (Lipinski definition) is 3. The first-order chi connectivity index (χ1) is 7.09. The Bertz CT molecular complexity index is 441. The van der Waals surface area contributed by atoms with Crippen molar-refractivity contribution < 1.29 is 19.8 Å². The molecule has 1 aromatic rings. The number of rotatable bonds is 2. The molecular weight excluding hydrogens is 198 g/mol. The van der Waals surface area contributed by atoms with Gasteiger partial charge in [0.2, 0.25) is 0 Å². The van der Waals surface area contributed by atoms with E-state index in [1.54, 1.807) is 12.1 Å². The molecule has 0 amide bonds. The van der Waals surface area contributed by atoms with Gasteiger partial charge in [0.05, 0.1) is 11.3 Å². The van der Waals surface area contributed by atoms with Crippen molar-refractivity contribution in [3.8, 4) is 0 Å². The van der Waals surface area contributed by atoms with Crippen molar-refractivity contribution in [2.75, 3.05) is 5.32 Å². The molecule has 0 fully saturated rings. The van der Waals surface area contributed by atoms with Crippen LogP contribution in [0, 0.1) is 0 Å². The molecule has 1 aliphatic heterocycles. The molecule has 0 radical (unpaired) electrons. The van der Waals surface area contributed by atoms with Gasteiger partial charge in [-0.1, -0.05) is 12.1 Å². The fourth-order valence-corrected chi connectivity index (χ4v) is 1.71. The first-order valence-corrected chi connectivity index (χ1v) is 4.44. The first-order valence-electron chi connectivity index (χ1n) is 4.44. The number of benzene rings is 1. The lowest BCUT2D eigenvalue weighted by atomic mass is 10.1. The van der Waals surface area contributed by atoms with Crippen molar-refractivity contribution in [2.45, 2.75) is 12.5 Å². The van der Waals surface area contributed by atoms with Crippen LogP contribution in [-0.2, 0) is 11.2 Å². The molecule has 0 aromatic heterocycles. The predicted octanol–water partition coefficient (Wildman–Crippen LogP) is 0.806. The second kappa shape index (κ2) is 3.27. The molecule has 1 atom stereocenters. The monoisotopic (exact) mass is 207 g/mol. The Balaban J connectivity index is 2.41. The van der Waals surface area contributed by atoms with Crippen LogP contribution in [0.1, 0.15) is 15.9 Å². The van der Waals surface area contributed by atoms with Gasteiger partial charge in [0.25, 0.3) is 0 Å². The Morgan fingerprint density at radius 1 is 1.33 bits per heavy atom. The van der Waals surface area contributed by atoms with E-state index in [2.05, 4.69) is 5.32 Å². The lowest BCUT2D eigenvalue weighted by molar-refractivity contribution is -0.137. The SMILES string of the molecule is O=C(O)c1cccc2c1NC(C(=O)O)C2. The van der Waals surface area contributed by atoms with Gasteiger partial charge in [-0.3, -0.25) is 0 Å². The van der Waals surface area contributed by atoms with E-state index in [0.717, 1.165) is 5.56 Å². The lowest BCUT2D eigenvalue weighted by Gasteiger charge is -2.06. The highest BCUT2D eigenvalue weighted by atomic mass is 16.4. The Morgan fingerprint density at radius 2 is 2.07 bits per heavy atom. The Labute approximate surface area is 85.3 Å². The number of carboxylic acids is 2. The molecule has 5 heteroatoms. The minimum absolute atomic E-state index is 0.122. The van der Waals surface area contributed by atoms with E-state index in [1.807, 2.05) is 0 Å². The molecule has 1 aliphatic rings. The van der Waals surface area contributed by atoms with E-state index in [1.165, 1.54) is 6.07 Å². The predicted molar refractivity (Wildman–Crippen MR) is 52.2 cm³/mol. The smallest absolute Gasteiger partial charge is 0.337 e. The number of para-hydroxylation sites is 1. The quantitative estimate of drug-likeness (QED) is 0.667. The molecule has 1 aromatic carbocycles. The number of carboxylic acid groups (broad SMARTS) is 2. The number of hydrogen-bond acceptors (Lipinski definition) is 3. The van der Waals surface area contributed by atoms with Crippen molar-refractivity contribution in [3.63, 3.8) is 0 Å². The number of carbonyl (C=O) groups is 2. The van der Waals surface area contributed by atoms with Crippen LogP contribution in [0.5, 0.6) is 0 Å². The summed E-state index contributed by atoms with van der Waals surface area (Å²) in [6.07, 6.45) is 0.325. The summed E-state index contributed by atoms with van der Waals surface area (Å²) < 4.78 is 0. The minimum Gasteiger partial charge on any atom is -0.480 e. The van der Waals surface area contributed by atoms with Crippen LogP contribution in [0.15, 0.2) is 18.2 Å². The molecule has 2 rings (SSSR count). The number of aromatic carboxylic acids is 1. The van der Waals surface area contributed by atoms with Crippen LogP contribution in [0.3, 0.4) is 0 Å². The van der Waals surface area contributed by atoms with E-state index >= 15 is 0 Å². The van der Waals surface area contributed by atoms with E-state index in [4.69, 9.17) is 10.2 Å². The molecule has 0 aliphatic carbocycles. The van der Waals surface area contributed by atoms with E-state index in [-0.39, 0.29) is 5.56 Å². The third kappa shape index (κ3) is 1.52. The zero-order valence-corrected chi connectivity index (χ0v) is 7.73.